The number of anilines is 1. The highest BCUT2D eigenvalue weighted by molar-refractivity contribution is 6.89. The van der Waals surface area contributed by atoms with Crippen molar-refractivity contribution in [2.75, 3.05) is 11.9 Å². The predicted molar refractivity (Wildman–Crippen MR) is 167 cm³/mol. The van der Waals surface area contributed by atoms with Crippen molar-refractivity contribution in [1.82, 2.24) is 10.2 Å². The van der Waals surface area contributed by atoms with Crippen LogP contribution in [0.1, 0.15) is 22.3 Å². The Hall–Kier alpha value is -2.68. The topological polar surface area (TPSA) is 40.7 Å². The van der Waals surface area contributed by atoms with E-state index in [2.05, 4.69) is 90.9 Å². The Morgan fingerprint density at radius 3 is 1.81 bits per heavy atom. The second kappa shape index (κ2) is 21.6. The maximum atomic E-state index is 4.72. The van der Waals surface area contributed by atoms with Crippen LogP contribution in [0.5, 0.6) is 0 Å². The number of fused-ring (bicyclic) bond motifs is 2. The van der Waals surface area contributed by atoms with Crippen molar-refractivity contribution in [3.05, 3.63) is 95.2 Å². The lowest BCUT2D eigenvalue weighted by atomic mass is 9.59. The number of hydrogen-bond acceptors (Lipinski definition) is 2. The molecule has 1 aliphatic rings. The molecule has 1 aromatic heterocycles. The molecule has 0 saturated heterocycles. The third-order valence-corrected chi connectivity index (χ3v) is 4.60. The lowest BCUT2D eigenvalue weighted by Gasteiger charge is -1.94. The molecule has 3 aromatic carbocycles. The molecule has 0 aliphatic carbocycles. The third-order valence-electron chi connectivity index (χ3n) is 4.60. The Morgan fingerprint density at radius 1 is 0.750 bits per heavy atom. The number of aromatic nitrogens is 2. The van der Waals surface area contributed by atoms with Crippen molar-refractivity contribution in [2.45, 2.75) is 47.7 Å². The van der Waals surface area contributed by atoms with Gasteiger partial charge in [-0.15, -0.1) is 20.5 Å². The first kappa shape index (κ1) is 33.3. The van der Waals surface area contributed by atoms with Gasteiger partial charge in [-0.05, 0) is 50.5 Å². The summed E-state index contributed by atoms with van der Waals surface area (Å²) in [6.45, 7) is 12.7. The van der Waals surface area contributed by atoms with Gasteiger partial charge in [0.1, 0.15) is 0 Å². The second-order valence-corrected chi connectivity index (χ2v) is 7.90. The smallest absolute Gasteiger partial charge is 0.0652 e. The molecular formula is C27H36B6N3. The minimum absolute atomic E-state index is 1.11. The van der Waals surface area contributed by atoms with E-state index in [9.17, 15) is 0 Å². The number of hydrogen-bond donors (Lipinski definition) is 2. The summed E-state index contributed by atoms with van der Waals surface area (Å²) < 4.78 is 0. The van der Waals surface area contributed by atoms with Crippen molar-refractivity contribution >= 4 is 61.3 Å². The molecule has 9 heteroatoms. The van der Waals surface area contributed by atoms with Crippen LogP contribution in [-0.2, 0) is 6.42 Å². The van der Waals surface area contributed by atoms with Gasteiger partial charge in [-0.25, -0.2) is 0 Å². The summed E-state index contributed by atoms with van der Waals surface area (Å²) in [7, 11) is 18.7. The first-order valence-corrected chi connectivity index (χ1v) is 12.1. The molecule has 0 saturated carbocycles. The molecule has 1 aliphatic heterocycles. The molecule has 0 atom stereocenters. The highest BCUT2D eigenvalue weighted by atomic mass is 15.1. The highest BCUT2D eigenvalue weighted by Gasteiger charge is 2.05. The van der Waals surface area contributed by atoms with Gasteiger partial charge in [0.2, 0.25) is 0 Å². The molecule has 0 unspecified atom stereocenters. The molecule has 36 heavy (non-hydrogen) atoms. The Morgan fingerprint density at radius 2 is 1.31 bits per heavy atom. The number of aromatic amines is 1. The molecule has 177 valence electrons. The zero-order valence-electron chi connectivity index (χ0n) is 22.8. The van der Waals surface area contributed by atoms with Crippen molar-refractivity contribution in [3.8, 4) is 0 Å². The summed E-state index contributed by atoms with van der Waals surface area (Å²) in [5, 5.41) is 11.4. The van der Waals surface area contributed by atoms with Gasteiger partial charge in [0, 0.05) is 40.8 Å². The summed E-state index contributed by atoms with van der Waals surface area (Å²) in [6, 6.07) is 23.0. The molecule has 0 spiro atoms. The van der Waals surface area contributed by atoms with E-state index in [-0.39, 0.29) is 0 Å². The summed E-state index contributed by atoms with van der Waals surface area (Å²) >= 11 is 0. The van der Waals surface area contributed by atoms with Gasteiger partial charge in [0.05, 0.1) is 33.2 Å². The van der Waals surface area contributed by atoms with E-state index in [0.717, 1.165) is 12.1 Å². The van der Waals surface area contributed by atoms with E-state index in [1.165, 1.54) is 61.3 Å². The second-order valence-electron chi connectivity index (χ2n) is 7.90. The Kier molecular flexibility index (Phi) is 20.0. The first-order chi connectivity index (χ1) is 17.4. The van der Waals surface area contributed by atoms with Gasteiger partial charge in [0.25, 0.3) is 0 Å². The number of rotatable bonds is 0. The zero-order chi connectivity index (χ0) is 27.2. The average molecular weight is 467 g/mol. The zero-order valence-corrected chi connectivity index (χ0v) is 22.8. The van der Waals surface area contributed by atoms with Gasteiger partial charge in [-0.1, -0.05) is 65.7 Å². The predicted octanol–water partition coefficient (Wildman–Crippen LogP) is 5.30. The standard InChI is InChI=1S/C8H8N2.C8H9N.C8H10.3CH3B2/c1-6-3-2-4-8-7(6)5-9-10-8;1-2-4-8-7(3-1)5-6-9-8;1-7-4-3-5-8(2)6-7;3*1-3-2/h2-5H,1H3,(H,9,10);1-4,9H,5-6H2;3-6H,1-2H3;3*1H3. The fourth-order valence-corrected chi connectivity index (χ4v) is 3.17. The summed E-state index contributed by atoms with van der Waals surface area (Å²) in [5.41, 5.74) is 7.83. The third kappa shape index (κ3) is 14.7. The maximum absolute atomic E-state index is 4.72. The molecule has 2 N–H and O–H groups in total. The van der Waals surface area contributed by atoms with Crippen molar-refractivity contribution in [2.24, 2.45) is 0 Å². The Balaban J connectivity index is 0.000000441. The van der Waals surface area contributed by atoms with Gasteiger partial charge >= 0.3 is 0 Å². The molecule has 9 radical (unpaired) electrons. The number of benzene rings is 3. The largest absolute Gasteiger partial charge is 0.384 e. The van der Waals surface area contributed by atoms with Crippen LogP contribution in [0.25, 0.3) is 10.9 Å². The van der Waals surface area contributed by atoms with Crippen LogP contribution in [0.3, 0.4) is 0 Å². The van der Waals surface area contributed by atoms with Gasteiger partial charge in [-0.2, -0.15) is 5.10 Å². The fraction of sp³-hybridized carbons (Fsp3) is 0.296. The average Bonchev–Trinajstić information content (AvgIpc) is 3.52. The molecule has 5 rings (SSSR count). The Bertz CT molecular complexity index is 1030. The quantitative estimate of drug-likeness (QED) is 0.345. The van der Waals surface area contributed by atoms with Crippen LogP contribution in [0, 0.1) is 20.8 Å². The van der Waals surface area contributed by atoms with Crippen LogP contribution in [0.4, 0.5) is 5.69 Å². The number of para-hydroxylation sites is 1. The lowest BCUT2D eigenvalue weighted by Crippen LogP contribution is -1.90. The number of H-pyrrole nitrogens is 1. The number of aryl methyl sites for hydroxylation is 3. The molecule has 0 fully saturated rings. The monoisotopic (exact) mass is 468 g/mol. The number of nitrogens with zero attached hydrogens (tertiary/aromatic N) is 1. The van der Waals surface area contributed by atoms with E-state index < -0.39 is 0 Å². The van der Waals surface area contributed by atoms with E-state index in [1.807, 2.05) is 18.3 Å². The maximum Gasteiger partial charge on any atom is 0.0652 e. The summed E-state index contributed by atoms with van der Waals surface area (Å²) in [4.78, 5) is 0. The van der Waals surface area contributed by atoms with Crippen molar-refractivity contribution in [1.29, 1.82) is 0 Å². The van der Waals surface area contributed by atoms with E-state index >= 15 is 0 Å². The van der Waals surface area contributed by atoms with Crippen LogP contribution in [0.15, 0.2) is 72.9 Å². The van der Waals surface area contributed by atoms with E-state index in [4.69, 9.17) is 23.2 Å². The number of nitrogens with one attached hydrogen (secondary N) is 2. The van der Waals surface area contributed by atoms with Crippen molar-refractivity contribution in [3.63, 3.8) is 0 Å². The van der Waals surface area contributed by atoms with Crippen LogP contribution < -0.4 is 5.32 Å². The van der Waals surface area contributed by atoms with Gasteiger partial charge < -0.3 is 5.32 Å². The summed E-state index contributed by atoms with van der Waals surface area (Å²) in [6.07, 6.45) is 3.04. The SMILES string of the molecule is Cc1cccc(C)c1.Cc1cccc2[nH]ncc12.[B][B]C.[B][B]C.[B][B]C.c1ccc2c(c1)CCN2. The Labute approximate surface area is 225 Å². The minimum atomic E-state index is 1.11. The van der Waals surface area contributed by atoms with Crippen LogP contribution in [-0.4, -0.2) is 61.5 Å². The summed E-state index contributed by atoms with van der Waals surface area (Å²) in [5.74, 6) is 0. The lowest BCUT2D eigenvalue weighted by molar-refractivity contribution is 1.11. The molecule has 3 nitrogen and oxygen atoms in total. The van der Waals surface area contributed by atoms with E-state index in [1.54, 1.807) is 20.5 Å². The van der Waals surface area contributed by atoms with Crippen molar-refractivity contribution < 1.29 is 0 Å². The first-order valence-electron chi connectivity index (χ1n) is 12.1. The van der Waals surface area contributed by atoms with Crippen LogP contribution >= 0.6 is 0 Å². The highest BCUT2D eigenvalue weighted by Crippen LogP contribution is 2.20. The van der Waals surface area contributed by atoms with Gasteiger partial charge in [0.15, 0.2) is 0 Å². The van der Waals surface area contributed by atoms with Crippen LogP contribution in [0.2, 0.25) is 20.5 Å². The molecule has 4 aromatic rings. The normalized spacial score (nSPS) is 9.72. The molecule has 0 bridgehead atoms. The van der Waals surface area contributed by atoms with E-state index in [0.29, 0.717) is 0 Å². The molecule has 2 heterocycles. The minimum Gasteiger partial charge on any atom is -0.384 e. The van der Waals surface area contributed by atoms with Gasteiger partial charge in [-0.3, -0.25) is 5.10 Å². The molecular weight excluding hydrogens is 431 g/mol. The fourth-order valence-electron chi connectivity index (χ4n) is 3.17. The molecule has 0 amide bonds.